The Hall–Kier alpha value is -1.95. The van der Waals surface area contributed by atoms with Crippen molar-refractivity contribution in [3.05, 3.63) is 35.6 Å². The number of hydrogen-bond acceptors (Lipinski definition) is 3. The lowest BCUT2D eigenvalue weighted by molar-refractivity contribution is -0.143. The minimum atomic E-state index is -0.433. The van der Waals surface area contributed by atoms with Crippen LogP contribution in [0.25, 0.3) is 0 Å². The van der Waals surface area contributed by atoms with Crippen LogP contribution in [0.3, 0.4) is 0 Å². The lowest BCUT2D eigenvalue weighted by Crippen LogP contribution is -2.50. The number of aliphatic hydroxyl groups excluding tert-OH is 1. The summed E-state index contributed by atoms with van der Waals surface area (Å²) in [5.74, 6) is -0.472. The second-order valence-electron chi connectivity index (χ2n) is 7.06. The normalized spacial score (nSPS) is 24.2. The lowest BCUT2D eigenvalue weighted by atomic mass is 9.94. The summed E-state index contributed by atoms with van der Waals surface area (Å²) in [4.78, 5) is 28.7. The van der Waals surface area contributed by atoms with Crippen molar-refractivity contribution in [3.8, 4) is 0 Å². The molecule has 5 nitrogen and oxygen atoms in total. The van der Waals surface area contributed by atoms with E-state index in [-0.39, 0.29) is 30.0 Å². The van der Waals surface area contributed by atoms with E-state index in [1.165, 1.54) is 12.1 Å². The molecule has 0 saturated carbocycles. The van der Waals surface area contributed by atoms with Gasteiger partial charge in [-0.3, -0.25) is 9.59 Å². The molecule has 2 aliphatic heterocycles. The molecule has 2 saturated heterocycles. The van der Waals surface area contributed by atoms with Crippen molar-refractivity contribution in [2.45, 2.75) is 38.2 Å². The molecule has 1 aromatic rings. The van der Waals surface area contributed by atoms with E-state index in [4.69, 9.17) is 0 Å². The van der Waals surface area contributed by atoms with Crippen molar-refractivity contribution < 1.29 is 19.1 Å². The van der Waals surface area contributed by atoms with Crippen LogP contribution < -0.4 is 0 Å². The van der Waals surface area contributed by atoms with Crippen molar-refractivity contribution in [3.63, 3.8) is 0 Å². The van der Waals surface area contributed by atoms with Gasteiger partial charge in [-0.15, -0.1) is 0 Å². The Morgan fingerprint density at radius 3 is 2.44 bits per heavy atom. The monoisotopic (exact) mass is 348 g/mol. The molecule has 2 unspecified atom stereocenters. The van der Waals surface area contributed by atoms with Gasteiger partial charge < -0.3 is 14.9 Å². The molecule has 0 bridgehead atoms. The van der Waals surface area contributed by atoms with Crippen LogP contribution in [0.1, 0.15) is 31.2 Å². The van der Waals surface area contributed by atoms with E-state index in [1.54, 1.807) is 21.9 Å². The quantitative estimate of drug-likeness (QED) is 0.902. The van der Waals surface area contributed by atoms with Gasteiger partial charge in [0.2, 0.25) is 11.8 Å². The maximum absolute atomic E-state index is 13.0. The van der Waals surface area contributed by atoms with Gasteiger partial charge in [-0.2, -0.15) is 0 Å². The maximum atomic E-state index is 13.0. The number of rotatable bonds is 3. The molecule has 6 heteroatoms. The van der Waals surface area contributed by atoms with Gasteiger partial charge in [-0.1, -0.05) is 12.1 Å². The molecule has 0 radical (unpaired) electrons. The molecule has 1 aromatic carbocycles. The van der Waals surface area contributed by atoms with Gasteiger partial charge in [0.05, 0.1) is 18.4 Å². The first-order valence-electron chi connectivity index (χ1n) is 9.02. The molecule has 2 aliphatic rings. The molecule has 136 valence electrons. The van der Waals surface area contributed by atoms with Gasteiger partial charge in [0.25, 0.3) is 0 Å². The molecule has 0 spiro atoms. The van der Waals surface area contributed by atoms with Gasteiger partial charge in [0.15, 0.2) is 0 Å². The van der Waals surface area contributed by atoms with Crippen molar-refractivity contribution >= 4 is 11.8 Å². The van der Waals surface area contributed by atoms with Crippen molar-refractivity contribution in [1.29, 1.82) is 0 Å². The predicted octanol–water partition coefficient (Wildman–Crippen LogP) is 1.59. The predicted molar refractivity (Wildman–Crippen MR) is 91.2 cm³/mol. The number of carbonyl (C=O) groups is 2. The van der Waals surface area contributed by atoms with Crippen LogP contribution in [0.4, 0.5) is 4.39 Å². The Morgan fingerprint density at radius 1 is 1.04 bits per heavy atom. The third kappa shape index (κ3) is 4.57. The number of hydrogen-bond donors (Lipinski definition) is 1. The number of amides is 2. The van der Waals surface area contributed by atoms with E-state index >= 15 is 0 Å². The molecule has 2 atom stereocenters. The summed E-state index contributed by atoms with van der Waals surface area (Å²) in [6.07, 6.45) is 2.96. The van der Waals surface area contributed by atoms with Crippen LogP contribution in [-0.4, -0.2) is 59.0 Å². The Bertz CT molecular complexity index is 620. The Balaban J connectivity index is 1.57. The summed E-state index contributed by atoms with van der Waals surface area (Å²) in [5.41, 5.74) is 0.777. The third-order valence-corrected chi connectivity index (χ3v) is 5.10. The summed E-state index contributed by atoms with van der Waals surface area (Å²) >= 11 is 0. The fourth-order valence-corrected chi connectivity index (χ4v) is 3.71. The van der Waals surface area contributed by atoms with Gasteiger partial charge in [0.1, 0.15) is 5.82 Å². The van der Waals surface area contributed by atoms with Crippen molar-refractivity contribution in [2.75, 3.05) is 26.2 Å². The van der Waals surface area contributed by atoms with E-state index in [0.717, 1.165) is 31.2 Å². The first kappa shape index (κ1) is 17.9. The summed E-state index contributed by atoms with van der Waals surface area (Å²) in [5, 5.41) is 9.77. The lowest BCUT2D eigenvalue weighted by Gasteiger charge is -2.37. The average molecular weight is 348 g/mol. The minimum absolute atomic E-state index is 0.0252. The van der Waals surface area contributed by atoms with Gasteiger partial charge in [0, 0.05) is 26.2 Å². The highest BCUT2D eigenvalue weighted by Crippen LogP contribution is 2.22. The van der Waals surface area contributed by atoms with Gasteiger partial charge >= 0.3 is 0 Å². The highest BCUT2D eigenvalue weighted by molar-refractivity contribution is 5.82. The molecular formula is C19H25FN2O3. The number of β-amino-alcohol motifs (C(OH)–C–C–N with tert-alkyl or cyclic N) is 1. The highest BCUT2D eigenvalue weighted by Gasteiger charge is 2.32. The second kappa shape index (κ2) is 7.95. The van der Waals surface area contributed by atoms with Gasteiger partial charge in [-0.05, 0) is 43.4 Å². The fraction of sp³-hybridized carbons (Fsp3) is 0.579. The van der Waals surface area contributed by atoms with Crippen LogP contribution in [0, 0.1) is 11.7 Å². The van der Waals surface area contributed by atoms with E-state index in [0.29, 0.717) is 26.2 Å². The summed E-state index contributed by atoms with van der Waals surface area (Å²) in [7, 11) is 0. The zero-order valence-corrected chi connectivity index (χ0v) is 14.4. The summed E-state index contributed by atoms with van der Waals surface area (Å²) in [6, 6.07) is 5.95. The van der Waals surface area contributed by atoms with E-state index in [1.807, 2.05) is 0 Å². The van der Waals surface area contributed by atoms with E-state index in [9.17, 15) is 19.1 Å². The zero-order valence-electron chi connectivity index (χ0n) is 14.4. The number of carbonyl (C=O) groups excluding carboxylic acids is 2. The first-order valence-corrected chi connectivity index (χ1v) is 9.02. The number of piperidine rings is 2. The third-order valence-electron chi connectivity index (χ3n) is 5.10. The van der Waals surface area contributed by atoms with Crippen molar-refractivity contribution in [1.82, 2.24) is 9.80 Å². The van der Waals surface area contributed by atoms with Crippen LogP contribution in [0.5, 0.6) is 0 Å². The van der Waals surface area contributed by atoms with E-state index in [2.05, 4.69) is 0 Å². The Labute approximate surface area is 147 Å². The van der Waals surface area contributed by atoms with Crippen LogP contribution in [0.2, 0.25) is 0 Å². The molecule has 2 amide bonds. The average Bonchev–Trinajstić information content (AvgIpc) is 2.63. The molecular weight excluding hydrogens is 323 g/mol. The molecule has 25 heavy (non-hydrogen) atoms. The smallest absolute Gasteiger partial charge is 0.227 e. The summed E-state index contributed by atoms with van der Waals surface area (Å²) < 4.78 is 13.0. The Kier molecular flexibility index (Phi) is 5.68. The topological polar surface area (TPSA) is 60.9 Å². The Morgan fingerprint density at radius 2 is 1.72 bits per heavy atom. The highest BCUT2D eigenvalue weighted by atomic mass is 19.1. The second-order valence-corrected chi connectivity index (χ2v) is 7.06. The number of aliphatic hydroxyl groups is 1. The standard InChI is InChI=1S/C19H25FN2O3/c20-16-7-5-14(6-8-16)11-18(24)21-9-1-3-15(12-21)19(25)22-10-2-4-17(23)13-22/h5-8,15,17,23H,1-4,9-13H2. The van der Waals surface area contributed by atoms with Crippen LogP contribution in [0.15, 0.2) is 24.3 Å². The molecule has 3 rings (SSSR count). The number of benzene rings is 1. The maximum Gasteiger partial charge on any atom is 0.227 e. The molecule has 2 fully saturated rings. The summed E-state index contributed by atoms with van der Waals surface area (Å²) in [6.45, 7) is 2.19. The van der Waals surface area contributed by atoms with Gasteiger partial charge in [-0.25, -0.2) is 4.39 Å². The van der Waals surface area contributed by atoms with Crippen LogP contribution in [-0.2, 0) is 16.0 Å². The first-order chi connectivity index (χ1) is 12.0. The zero-order chi connectivity index (χ0) is 17.8. The molecule has 2 heterocycles. The number of halogens is 1. The largest absolute Gasteiger partial charge is 0.391 e. The fourth-order valence-electron chi connectivity index (χ4n) is 3.71. The minimum Gasteiger partial charge on any atom is -0.391 e. The van der Waals surface area contributed by atoms with Crippen LogP contribution >= 0.6 is 0 Å². The molecule has 0 aliphatic carbocycles. The van der Waals surface area contributed by atoms with Crippen molar-refractivity contribution in [2.24, 2.45) is 5.92 Å². The van der Waals surface area contributed by atoms with E-state index < -0.39 is 6.10 Å². The number of nitrogens with zero attached hydrogens (tertiary/aromatic N) is 2. The molecule has 0 aromatic heterocycles. The SMILES string of the molecule is O=C(Cc1ccc(F)cc1)N1CCCC(C(=O)N2CCCC(O)C2)C1. The molecule has 1 N–H and O–H groups in total. The number of likely N-dealkylation sites (tertiary alicyclic amines) is 2.